The van der Waals surface area contributed by atoms with Crippen molar-refractivity contribution in [1.82, 2.24) is 5.32 Å². The number of allylic oxidation sites excluding steroid dienone is 1. The first-order chi connectivity index (χ1) is 5.30. The van der Waals surface area contributed by atoms with E-state index in [9.17, 15) is 0 Å². The van der Waals surface area contributed by atoms with Crippen LogP contribution in [-0.2, 0) is 0 Å². The summed E-state index contributed by atoms with van der Waals surface area (Å²) in [5.41, 5.74) is 1.28. The number of nitrogens with zero attached hydrogens (tertiary/aromatic N) is 1. The predicted molar refractivity (Wildman–Crippen MR) is 50.8 cm³/mol. The average Bonchev–Trinajstić information content (AvgIpc) is 2.10. The van der Waals surface area contributed by atoms with E-state index in [0.29, 0.717) is 5.92 Å². The molecule has 0 bridgehead atoms. The van der Waals surface area contributed by atoms with Crippen LogP contribution in [0.1, 0.15) is 27.7 Å². The fourth-order valence-electron chi connectivity index (χ4n) is 0.720. The summed E-state index contributed by atoms with van der Waals surface area (Å²) in [5.74, 6) is 0.585. The first-order valence-electron chi connectivity index (χ1n) is 4.24. The molecule has 1 aliphatic rings. The summed E-state index contributed by atoms with van der Waals surface area (Å²) < 4.78 is 0. The van der Waals surface area contributed by atoms with Crippen LogP contribution in [0.15, 0.2) is 16.8 Å². The van der Waals surface area contributed by atoms with Gasteiger partial charge in [-0.3, -0.25) is 4.99 Å². The first kappa shape index (κ1) is 10.2. The molecule has 0 aliphatic carbocycles. The van der Waals surface area contributed by atoms with Crippen LogP contribution in [0.4, 0.5) is 0 Å². The molecule has 11 heavy (non-hydrogen) atoms. The SMILES string of the molecule is CC.CC(C)C1=CNCN=C1. The molecule has 2 heteroatoms. The van der Waals surface area contributed by atoms with Crippen molar-refractivity contribution in [3.63, 3.8) is 0 Å². The molecule has 0 saturated carbocycles. The van der Waals surface area contributed by atoms with E-state index in [-0.39, 0.29) is 0 Å². The molecular weight excluding hydrogens is 136 g/mol. The summed E-state index contributed by atoms with van der Waals surface area (Å²) in [6, 6.07) is 0. The van der Waals surface area contributed by atoms with Crippen molar-refractivity contribution in [1.29, 1.82) is 0 Å². The van der Waals surface area contributed by atoms with E-state index < -0.39 is 0 Å². The van der Waals surface area contributed by atoms with Crippen LogP contribution >= 0.6 is 0 Å². The molecule has 1 aliphatic heterocycles. The van der Waals surface area contributed by atoms with Crippen molar-refractivity contribution in [3.05, 3.63) is 11.8 Å². The minimum atomic E-state index is 0.585. The van der Waals surface area contributed by atoms with Crippen LogP contribution in [0.3, 0.4) is 0 Å². The zero-order valence-corrected chi connectivity index (χ0v) is 7.89. The lowest BCUT2D eigenvalue weighted by Gasteiger charge is -2.09. The third-order valence-corrected chi connectivity index (χ3v) is 1.36. The lowest BCUT2D eigenvalue weighted by atomic mass is 10.1. The number of nitrogens with one attached hydrogen (secondary N) is 1. The summed E-state index contributed by atoms with van der Waals surface area (Å²) in [5, 5.41) is 3.06. The molecule has 1 rings (SSSR count). The van der Waals surface area contributed by atoms with Gasteiger partial charge in [0.15, 0.2) is 0 Å². The van der Waals surface area contributed by atoms with E-state index in [4.69, 9.17) is 0 Å². The third kappa shape index (κ3) is 3.81. The van der Waals surface area contributed by atoms with E-state index in [1.807, 2.05) is 26.3 Å². The van der Waals surface area contributed by atoms with Crippen LogP contribution in [0, 0.1) is 5.92 Å². The molecule has 0 aromatic rings. The van der Waals surface area contributed by atoms with Gasteiger partial charge >= 0.3 is 0 Å². The minimum Gasteiger partial charge on any atom is -0.372 e. The monoisotopic (exact) mass is 154 g/mol. The van der Waals surface area contributed by atoms with Crippen molar-refractivity contribution >= 4 is 6.21 Å². The Morgan fingerprint density at radius 2 is 2.09 bits per heavy atom. The lowest BCUT2D eigenvalue weighted by Crippen LogP contribution is -2.13. The zero-order valence-electron chi connectivity index (χ0n) is 7.89. The summed E-state index contributed by atoms with van der Waals surface area (Å²) in [4.78, 5) is 4.08. The fourth-order valence-corrected chi connectivity index (χ4v) is 0.720. The summed E-state index contributed by atoms with van der Waals surface area (Å²) in [7, 11) is 0. The third-order valence-electron chi connectivity index (χ3n) is 1.36. The molecule has 0 aromatic carbocycles. The second-order valence-electron chi connectivity index (χ2n) is 2.47. The van der Waals surface area contributed by atoms with Gasteiger partial charge in [-0.25, -0.2) is 0 Å². The van der Waals surface area contributed by atoms with Gasteiger partial charge in [-0.15, -0.1) is 0 Å². The van der Waals surface area contributed by atoms with Gasteiger partial charge in [0.05, 0.1) is 0 Å². The maximum absolute atomic E-state index is 4.08. The highest BCUT2D eigenvalue weighted by Crippen LogP contribution is 2.06. The lowest BCUT2D eigenvalue weighted by molar-refractivity contribution is 0.765. The Morgan fingerprint density at radius 3 is 2.36 bits per heavy atom. The second kappa shape index (κ2) is 5.96. The zero-order chi connectivity index (χ0) is 8.69. The van der Waals surface area contributed by atoms with Gasteiger partial charge in [0.2, 0.25) is 0 Å². The molecule has 0 fully saturated rings. The van der Waals surface area contributed by atoms with Gasteiger partial charge in [0, 0.05) is 12.4 Å². The quantitative estimate of drug-likeness (QED) is 0.615. The molecule has 1 N–H and O–H groups in total. The minimum absolute atomic E-state index is 0.585. The highest BCUT2D eigenvalue weighted by atomic mass is 15.0. The number of rotatable bonds is 1. The molecule has 0 spiro atoms. The maximum atomic E-state index is 4.08. The summed E-state index contributed by atoms with van der Waals surface area (Å²) >= 11 is 0. The van der Waals surface area contributed by atoms with Crippen LogP contribution in [0.2, 0.25) is 0 Å². The topological polar surface area (TPSA) is 24.4 Å². The highest BCUT2D eigenvalue weighted by molar-refractivity contribution is 5.79. The van der Waals surface area contributed by atoms with Crippen molar-refractivity contribution in [2.75, 3.05) is 6.67 Å². The van der Waals surface area contributed by atoms with Gasteiger partial charge in [0.25, 0.3) is 0 Å². The largest absolute Gasteiger partial charge is 0.372 e. The number of aliphatic imine (C=N–C) groups is 1. The van der Waals surface area contributed by atoms with Gasteiger partial charge in [-0.05, 0) is 11.5 Å². The Labute approximate surface area is 69.4 Å². The molecule has 0 unspecified atom stereocenters. The van der Waals surface area contributed by atoms with Crippen molar-refractivity contribution in [3.8, 4) is 0 Å². The fraction of sp³-hybridized carbons (Fsp3) is 0.667. The van der Waals surface area contributed by atoms with E-state index in [1.165, 1.54) is 5.57 Å². The molecular formula is C9H18N2. The van der Waals surface area contributed by atoms with Gasteiger partial charge in [0.1, 0.15) is 6.67 Å². The Hall–Kier alpha value is -0.790. The smallest absolute Gasteiger partial charge is 0.107 e. The highest BCUT2D eigenvalue weighted by Gasteiger charge is 2.00. The molecule has 2 nitrogen and oxygen atoms in total. The van der Waals surface area contributed by atoms with Gasteiger partial charge < -0.3 is 5.32 Å². The van der Waals surface area contributed by atoms with Crippen LogP contribution in [-0.4, -0.2) is 12.9 Å². The van der Waals surface area contributed by atoms with Crippen molar-refractivity contribution < 1.29 is 0 Å². The first-order valence-corrected chi connectivity index (χ1v) is 4.24. The van der Waals surface area contributed by atoms with Crippen LogP contribution < -0.4 is 5.32 Å². The maximum Gasteiger partial charge on any atom is 0.107 e. The van der Waals surface area contributed by atoms with E-state index in [1.54, 1.807) is 0 Å². The van der Waals surface area contributed by atoms with E-state index in [0.717, 1.165) is 6.67 Å². The van der Waals surface area contributed by atoms with Gasteiger partial charge in [-0.2, -0.15) is 0 Å². The Morgan fingerprint density at radius 1 is 1.45 bits per heavy atom. The standard InChI is InChI=1S/C7H12N2.C2H6/c1-6(2)7-3-8-5-9-4-7;1-2/h3-4,6,8H,5H2,1-2H3;1-2H3. The Bertz CT molecular complexity index is 146. The molecule has 1 heterocycles. The van der Waals surface area contributed by atoms with Crippen molar-refractivity contribution in [2.45, 2.75) is 27.7 Å². The molecule has 0 aromatic heterocycles. The van der Waals surface area contributed by atoms with Crippen LogP contribution in [0.25, 0.3) is 0 Å². The molecule has 0 amide bonds. The molecule has 0 radical (unpaired) electrons. The predicted octanol–water partition coefficient (Wildman–Crippen LogP) is 2.18. The van der Waals surface area contributed by atoms with E-state index in [2.05, 4.69) is 24.2 Å². The Balaban J connectivity index is 0.000000461. The number of hydrogen-bond donors (Lipinski definition) is 1. The normalized spacial score (nSPS) is 14.8. The summed E-state index contributed by atoms with van der Waals surface area (Å²) in [6.45, 7) is 9.05. The molecule has 0 atom stereocenters. The molecule has 0 saturated heterocycles. The van der Waals surface area contributed by atoms with Gasteiger partial charge in [-0.1, -0.05) is 27.7 Å². The van der Waals surface area contributed by atoms with E-state index >= 15 is 0 Å². The Kier molecular flexibility index (Phi) is 5.53. The second-order valence-corrected chi connectivity index (χ2v) is 2.47. The average molecular weight is 154 g/mol. The van der Waals surface area contributed by atoms with Crippen LogP contribution in [0.5, 0.6) is 0 Å². The number of hydrogen-bond acceptors (Lipinski definition) is 2. The summed E-state index contributed by atoms with van der Waals surface area (Å²) in [6.07, 6.45) is 3.96. The molecule has 64 valence electrons. The van der Waals surface area contributed by atoms with Crippen molar-refractivity contribution in [2.24, 2.45) is 10.9 Å².